The molecule has 0 amide bonds. The number of ether oxygens (including phenoxy) is 1. The highest BCUT2D eigenvalue weighted by Crippen LogP contribution is 2.36. The van der Waals surface area contributed by atoms with Gasteiger partial charge in [-0.15, -0.1) is 0 Å². The zero-order chi connectivity index (χ0) is 12.4. The minimum absolute atomic E-state index is 0.0817. The molecule has 1 aliphatic rings. The van der Waals surface area contributed by atoms with Crippen LogP contribution in [0.1, 0.15) is 19.8 Å². The molecule has 0 aromatic rings. The summed E-state index contributed by atoms with van der Waals surface area (Å²) in [6.07, 6.45) is -5.15. The van der Waals surface area contributed by atoms with E-state index in [1.165, 1.54) is 0 Å². The number of rotatable bonds is 3. The van der Waals surface area contributed by atoms with E-state index in [4.69, 9.17) is 0 Å². The molecule has 2 nitrogen and oxygen atoms in total. The van der Waals surface area contributed by atoms with Crippen LogP contribution in [-0.2, 0) is 4.74 Å². The van der Waals surface area contributed by atoms with Crippen LogP contribution in [0.4, 0.5) is 22.0 Å². The van der Waals surface area contributed by atoms with Crippen LogP contribution in [0.5, 0.6) is 0 Å². The summed E-state index contributed by atoms with van der Waals surface area (Å²) >= 11 is 0. The molecule has 0 aromatic carbocycles. The Hall–Kier alpha value is -0.430. The smallest absolute Gasteiger partial charge is 0.371 e. The Morgan fingerprint density at radius 1 is 1.25 bits per heavy atom. The quantitative estimate of drug-likeness (QED) is 0.773. The average molecular weight is 247 g/mol. The Morgan fingerprint density at radius 3 is 2.38 bits per heavy atom. The molecule has 7 heteroatoms. The summed E-state index contributed by atoms with van der Waals surface area (Å²) in [4.78, 5) is 0. The van der Waals surface area contributed by atoms with Gasteiger partial charge in [0, 0.05) is 6.04 Å². The van der Waals surface area contributed by atoms with Gasteiger partial charge < -0.3 is 10.1 Å². The Bertz CT molecular complexity index is 230. The number of hydrogen-bond acceptors (Lipinski definition) is 2. The van der Waals surface area contributed by atoms with Crippen molar-refractivity contribution in [1.82, 2.24) is 5.32 Å². The summed E-state index contributed by atoms with van der Waals surface area (Å²) in [5, 5.41) is 3.05. The van der Waals surface area contributed by atoms with Gasteiger partial charge in [-0.25, -0.2) is 0 Å². The van der Waals surface area contributed by atoms with Crippen LogP contribution in [0.3, 0.4) is 0 Å². The summed E-state index contributed by atoms with van der Waals surface area (Å²) in [5.74, 6) is -4.76. The Labute approximate surface area is 90.1 Å². The maximum absolute atomic E-state index is 12.5. The molecule has 1 rings (SSSR count). The average Bonchev–Trinajstić information content (AvgIpc) is 2.13. The molecular formula is C9H14F5NO. The minimum Gasteiger partial charge on any atom is -0.371 e. The van der Waals surface area contributed by atoms with Crippen LogP contribution in [0.2, 0.25) is 0 Å². The first-order valence-electron chi connectivity index (χ1n) is 5.02. The van der Waals surface area contributed by atoms with Crippen LogP contribution in [-0.4, -0.2) is 37.4 Å². The van der Waals surface area contributed by atoms with Crippen molar-refractivity contribution >= 4 is 0 Å². The van der Waals surface area contributed by atoms with Crippen molar-refractivity contribution in [2.45, 2.75) is 44.0 Å². The fourth-order valence-electron chi connectivity index (χ4n) is 1.54. The molecule has 16 heavy (non-hydrogen) atoms. The largest absolute Gasteiger partial charge is 0.455 e. The van der Waals surface area contributed by atoms with Crippen LogP contribution < -0.4 is 5.32 Å². The Balaban J connectivity index is 2.39. The van der Waals surface area contributed by atoms with Gasteiger partial charge in [0.1, 0.15) is 6.61 Å². The molecule has 2 atom stereocenters. The van der Waals surface area contributed by atoms with Crippen LogP contribution in [0.15, 0.2) is 0 Å². The lowest BCUT2D eigenvalue weighted by Crippen LogP contribution is -2.44. The molecule has 0 radical (unpaired) electrons. The predicted octanol–water partition coefficient (Wildman–Crippen LogP) is 2.34. The second-order valence-corrected chi connectivity index (χ2v) is 4.01. The van der Waals surface area contributed by atoms with E-state index in [2.05, 4.69) is 10.1 Å². The van der Waals surface area contributed by atoms with Crippen molar-refractivity contribution < 1.29 is 26.7 Å². The minimum atomic E-state index is -5.54. The maximum atomic E-state index is 12.5. The molecule has 2 unspecified atom stereocenters. The molecule has 0 aromatic heterocycles. The van der Waals surface area contributed by atoms with E-state index >= 15 is 0 Å². The molecule has 1 N–H and O–H groups in total. The maximum Gasteiger partial charge on any atom is 0.455 e. The first-order chi connectivity index (χ1) is 7.22. The van der Waals surface area contributed by atoms with Crippen molar-refractivity contribution in [2.24, 2.45) is 0 Å². The molecule has 0 saturated carbocycles. The zero-order valence-electron chi connectivity index (χ0n) is 8.78. The third-order valence-corrected chi connectivity index (χ3v) is 2.49. The first-order valence-corrected chi connectivity index (χ1v) is 5.02. The fraction of sp³-hybridized carbons (Fsp3) is 1.00. The Morgan fingerprint density at radius 2 is 1.88 bits per heavy atom. The summed E-state index contributed by atoms with van der Waals surface area (Å²) in [7, 11) is 0. The highest BCUT2D eigenvalue weighted by molar-refractivity contribution is 4.79. The van der Waals surface area contributed by atoms with E-state index in [1.54, 1.807) is 0 Å². The van der Waals surface area contributed by atoms with Gasteiger partial charge in [0.2, 0.25) is 0 Å². The van der Waals surface area contributed by atoms with Crippen LogP contribution in [0, 0.1) is 0 Å². The molecule has 1 aliphatic heterocycles. The lowest BCUT2D eigenvalue weighted by molar-refractivity contribution is -0.300. The van der Waals surface area contributed by atoms with Crippen molar-refractivity contribution in [3.63, 3.8) is 0 Å². The van der Waals surface area contributed by atoms with E-state index < -0.39 is 24.8 Å². The highest BCUT2D eigenvalue weighted by Gasteiger charge is 2.57. The van der Waals surface area contributed by atoms with Crippen molar-refractivity contribution in [2.75, 3.05) is 13.2 Å². The van der Waals surface area contributed by atoms with Crippen LogP contribution in [0.25, 0.3) is 0 Å². The van der Waals surface area contributed by atoms with Crippen molar-refractivity contribution in [3.8, 4) is 0 Å². The molecule has 0 aliphatic carbocycles. The van der Waals surface area contributed by atoms with Gasteiger partial charge in [-0.1, -0.05) is 0 Å². The van der Waals surface area contributed by atoms with E-state index in [1.807, 2.05) is 6.92 Å². The summed E-state index contributed by atoms with van der Waals surface area (Å²) in [6, 6.07) is 0.0817. The van der Waals surface area contributed by atoms with Crippen molar-refractivity contribution in [1.29, 1.82) is 0 Å². The third kappa shape index (κ3) is 3.55. The third-order valence-electron chi connectivity index (χ3n) is 2.49. The zero-order valence-corrected chi connectivity index (χ0v) is 8.78. The molecule has 1 fully saturated rings. The van der Waals surface area contributed by atoms with E-state index in [0.29, 0.717) is 19.4 Å². The molecule has 96 valence electrons. The van der Waals surface area contributed by atoms with Gasteiger partial charge in [-0.2, -0.15) is 22.0 Å². The lowest BCUT2D eigenvalue weighted by Gasteiger charge is -2.29. The SMILES string of the molecule is CC1CC(OCC(F)(F)C(F)(F)F)CCN1. The van der Waals surface area contributed by atoms with Gasteiger partial charge in [0.25, 0.3) is 0 Å². The van der Waals surface area contributed by atoms with Gasteiger partial charge >= 0.3 is 12.1 Å². The summed E-state index contributed by atoms with van der Waals surface area (Å²) < 4.78 is 65.1. The number of hydrogen-bond donors (Lipinski definition) is 1. The van der Waals surface area contributed by atoms with Gasteiger partial charge in [-0.3, -0.25) is 0 Å². The molecule has 1 saturated heterocycles. The van der Waals surface area contributed by atoms with E-state index in [0.717, 1.165) is 0 Å². The lowest BCUT2D eigenvalue weighted by atomic mass is 10.0. The summed E-state index contributed by atoms with van der Waals surface area (Å²) in [5.41, 5.74) is 0. The topological polar surface area (TPSA) is 21.3 Å². The monoisotopic (exact) mass is 247 g/mol. The first kappa shape index (κ1) is 13.6. The predicted molar refractivity (Wildman–Crippen MR) is 47.4 cm³/mol. The van der Waals surface area contributed by atoms with Crippen molar-refractivity contribution in [3.05, 3.63) is 0 Å². The normalized spacial score (nSPS) is 28.1. The van der Waals surface area contributed by atoms with Gasteiger partial charge in [-0.05, 0) is 26.3 Å². The highest BCUT2D eigenvalue weighted by atomic mass is 19.4. The number of halogens is 5. The second kappa shape index (κ2) is 4.83. The molecule has 1 heterocycles. The fourth-order valence-corrected chi connectivity index (χ4v) is 1.54. The van der Waals surface area contributed by atoms with Crippen LogP contribution >= 0.6 is 0 Å². The van der Waals surface area contributed by atoms with Gasteiger partial charge in [0.15, 0.2) is 0 Å². The Kier molecular flexibility index (Phi) is 4.12. The molecule has 0 spiro atoms. The second-order valence-electron chi connectivity index (χ2n) is 4.01. The number of nitrogens with one attached hydrogen (secondary N) is 1. The molecular weight excluding hydrogens is 233 g/mol. The summed E-state index contributed by atoms with van der Waals surface area (Å²) in [6.45, 7) is 0.814. The number of piperidine rings is 1. The standard InChI is InChI=1S/C9H14F5NO/c1-6-4-7(2-3-15-6)16-5-8(10,11)9(12,13)14/h6-7,15H,2-5H2,1H3. The van der Waals surface area contributed by atoms with Gasteiger partial charge in [0.05, 0.1) is 6.10 Å². The van der Waals surface area contributed by atoms with E-state index in [-0.39, 0.29) is 6.04 Å². The number of alkyl halides is 5. The van der Waals surface area contributed by atoms with E-state index in [9.17, 15) is 22.0 Å². The molecule has 0 bridgehead atoms.